The minimum Gasteiger partial charge on any atom is -0.435 e. The van der Waals surface area contributed by atoms with Crippen LogP contribution in [-0.4, -0.2) is 49.7 Å². The first-order valence-electron chi connectivity index (χ1n) is 10.8. The lowest BCUT2D eigenvalue weighted by atomic mass is 9.81. The van der Waals surface area contributed by atoms with E-state index in [9.17, 15) is 26.7 Å². The molecule has 0 aliphatic heterocycles. The fourth-order valence-electron chi connectivity index (χ4n) is 3.97. The molecule has 1 aliphatic rings. The number of fused-ring (bicyclic) bond motifs is 1. The lowest BCUT2D eigenvalue weighted by Crippen LogP contribution is -2.42. The molecular weight excluding hydrogens is 487 g/mol. The third-order valence-electron chi connectivity index (χ3n) is 5.64. The Morgan fingerprint density at radius 2 is 1.89 bits per heavy atom. The molecule has 186 valence electrons. The highest BCUT2D eigenvalue weighted by Crippen LogP contribution is 2.41. The average Bonchev–Trinajstić information content (AvgIpc) is 3.20. The van der Waals surface area contributed by atoms with Gasteiger partial charge in [0.1, 0.15) is 17.0 Å². The topological polar surface area (TPSA) is 94.8 Å². The summed E-state index contributed by atoms with van der Waals surface area (Å²) in [5, 5.41) is 7.07. The standard InChI is InChI=1S/C23H17F5N6O2/c24-15-10-31-22(32-11-15)34-17-5-14(20(35)30-8-12-6-23(27,28)7-12)9-29-19(17)18(33-34)13-2-1-3-16(4-13)36-21(25)26/h1-5,9-12,21H,6-8H2,(H,30,35). The number of pyridine rings is 1. The molecule has 0 spiro atoms. The zero-order valence-corrected chi connectivity index (χ0v) is 18.3. The van der Waals surface area contributed by atoms with E-state index in [0.717, 1.165) is 12.4 Å². The lowest BCUT2D eigenvalue weighted by molar-refractivity contribution is -0.108. The number of rotatable bonds is 7. The molecule has 13 heteroatoms. The molecule has 3 aromatic heterocycles. The van der Waals surface area contributed by atoms with Gasteiger partial charge in [-0.3, -0.25) is 9.78 Å². The highest BCUT2D eigenvalue weighted by molar-refractivity contribution is 5.99. The molecule has 1 amide bonds. The van der Waals surface area contributed by atoms with Gasteiger partial charge in [0.2, 0.25) is 5.92 Å². The van der Waals surface area contributed by atoms with Gasteiger partial charge >= 0.3 is 6.61 Å². The number of carbonyl (C=O) groups excluding carboxylic acids is 1. The summed E-state index contributed by atoms with van der Waals surface area (Å²) in [6.45, 7) is -2.93. The van der Waals surface area contributed by atoms with E-state index in [1.807, 2.05) is 0 Å². The van der Waals surface area contributed by atoms with Crippen LogP contribution in [0.4, 0.5) is 22.0 Å². The maximum absolute atomic E-state index is 13.4. The molecule has 1 fully saturated rings. The van der Waals surface area contributed by atoms with Gasteiger partial charge in [-0.05, 0) is 24.1 Å². The van der Waals surface area contributed by atoms with E-state index in [0.29, 0.717) is 5.56 Å². The van der Waals surface area contributed by atoms with E-state index >= 15 is 0 Å². The minimum absolute atomic E-state index is 0.0244. The highest BCUT2D eigenvalue weighted by atomic mass is 19.3. The number of ether oxygens (including phenoxy) is 1. The second-order valence-corrected chi connectivity index (χ2v) is 8.30. The smallest absolute Gasteiger partial charge is 0.387 e. The number of benzene rings is 1. The summed E-state index contributed by atoms with van der Waals surface area (Å²) in [6.07, 6.45) is 2.59. The van der Waals surface area contributed by atoms with Gasteiger partial charge in [0, 0.05) is 31.1 Å². The van der Waals surface area contributed by atoms with E-state index in [4.69, 9.17) is 0 Å². The van der Waals surface area contributed by atoms with Crippen molar-refractivity contribution in [2.75, 3.05) is 6.54 Å². The molecule has 3 heterocycles. The molecule has 36 heavy (non-hydrogen) atoms. The van der Waals surface area contributed by atoms with Gasteiger partial charge in [-0.1, -0.05) is 12.1 Å². The van der Waals surface area contributed by atoms with E-state index in [1.165, 1.54) is 35.1 Å². The first kappa shape index (κ1) is 23.6. The van der Waals surface area contributed by atoms with Gasteiger partial charge < -0.3 is 10.1 Å². The number of nitrogens with zero attached hydrogens (tertiary/aromatic N) is 5. The number of halogens is 5. The van der Waals surface area contributed by atoms with E-state index in [2.05, 4.69) is 30.1 Å². The van der Waals surface area contributed by atoms with Crippen LogP contribution < -0.4 is 10.1 Å². The Morgan fingerprint density at radius 3 is 2.58 bits per heavy atom. The molecule has 0 saturated heterocycles. The Labute approximate surface area is 200 Å². The van der Waals surface area contributed by atoms with Crippen molar-refractivity contribution in [3.8, 4) is 23.0 Å². The molecule has 4 aromatic rings. The first-order valence-corrected chi connectivity index (χ1v) is 10.8. The van der Waals surface area contributed by atoms with E-state index < -0.39 is 24.3 Å². The molecule has 0 unspecified atom stereocenters. The Bertz CT molecular complexity index is 1420. The Morgan fingerprint density at radius 1 is 1.14 bits per heavy atom. The number of hydrogen-bond donors (Lipinski definition) is 1. The maximum Gasteiger partial charge on any atom is 0.387 e. The zero-order valence-electron chi connectivity index (χ0n) is 18.3. The summed E-state index contributed by atoms with van der Waals surface area (Å²) in [7, 11) is 0. The SMILES string of the molecule is O=C(NCC1CC(F)(F)C1)c1cnc2c(-c3cccc(OC(F)F)c3)nn(-c3ncc(F)cn3)c2c1. The number of amides is 1. The summed E-state index contributed by atoms with van der Waals surface area (Å²) in [6, 6.07) is 7.26. The van der Waals surface area contributed by atoms with Crippen LogP contribution >= 0.6 is 0 Å². The number of hydrogen-bond acceptors (Lipinski definition) is 6. The van der Waals surface area contributed by atoms with Crippen LogP contribution in [0.5, 0.6) is 5.75 Å². The number of alkyl halides is 4. The number of nitrogens with one attached hydrogen (secondary N) is 1. The quantitative estimate of drug-likeness (QED) is 0.375. The zero-order chi connectivity index (χ0) is 25.4. The van der Waals surface area contributed by atoms with Crippen molar-refractivity contribution in [3.63, 3.8) is 0 Å². The second kappa shape index (κ2) is 9.13. The molecule has 0 radical (unpaired) electrons. The van der Waals surface area contributed by atoms with Gasteiger partial charge in [0.15, 0.2) is 5.82 Å². The Balaban J connectivity index is 1.52. The third kappa shape index (κ3) is 4.81. The van der Waals surface area contributed by atoms with Gasteiger partial charge in [-0.2, -0.15) is 18.6 Å². The predicted molar refractivity (Wildman–Crippen MR) is 116 cm³/mol. The number of carbonyl (C=O) groups is 1. The fourth-order valence-corrected chi connectivity index (χ4v) is 3.97. The van der Waals surface area contributed by atoms with Crippen LogP contribution in [-0.2, 0) is 0 Å². The highest BCUT2D eigenvalue weighted by Gasteiger charge is 2.45. The molecule has 5 rings (SSSR count). The van der Waals surface area contributed by atoms with Crippen LogP contribution in [0.15, 0.2) is 48.9 Å². The molecule has 1 saturated carbocycles. The van der Waals surface area contributed by atoms with Crippen LogP contribution in [0.1, 0.15) is 23.2 Å². The van der Waals surface area contributed by atoms with Crippen LogP contribution in [0.2, 0.25) is 0 Å². The van der Waals surface area contributed by atoms with Gasteiger partial charge in [-0.25, -0.2) is 23.1 Å². The monoisotopic (exact) mass is 504 g/mol. The third-order valence-corrected chi connectivity index (χ3v) is 5.64. The van der Waals surface area contributed by atoms with Crippen LogP contribution in [0, 0.1) is 11.7 Å². The molecule has 1 N–H and O–H groups in total. The van der Waals surface area contributed by atoms with Crippen molar-refractivity contribution >= 4 is 16.9 Å². The van der Waals surface area contributed by atoms with Crippen molar-refractivity contribution in [1.82, 2.24) is 30.0 Å². The maximum atomic E-state index is 13.4. The predicted octanol–water partition coefficient (Wildman–Crippen LogP) is 4.39. The van der Waals surface area contributed by atoms with E-state index in [-0.39, 0.29) is 59.3 Å². The Hall–Kier alpha value is -4.16. The summed E-state index contributed by atoms with van der Waals surface area (Å²) in [4.78, 5) is 24.8. The second-order valence-electron chi connectivity index (χ2n) is 8.30. The summed E-state index contributed by atoms with van der Waals surface area (Å²) in [5.41, 5.74) is 1.32. The molecule has 1 aromatic carbocycles. The van der Waals surface area contributed by atoms with Crippen molar-refractivity contribution in [2.24, 2.45) is 5.92 Å². The van der Waals surface area contributed by atoms with Crippen LogP contribution in [0.25, 0.3) is 28.2 Å². The normalized spacial score (nSPS) is 15.2. The largest absolute Gasteiger partial charge is 0.435 e. The van der Waals surface area contributed by atoms with Crippen molar-refractivity contribution in [1.29, 1.82) is 0 Å². The molecule has 0 atom stereocenters. The van der Waals surface area contributed by atoms with Gasteiger partial charge in [-0.15, -0.1) is 0 Å². The van der Waals surface area contributed by atoms with Crippen molar-refractivity contribution in [3.05, 3.63) is 60.3 Å². The molecular formula is C23H17F5N6O2. The fraction of sp³-hybridized carbons (Fsp3) is 0.261. The lowest BCUT2D eigenvalue weighted by Gasteiger charge is -2.34. The van der Waals surface area contributed by atoms with Gasteiger partial charge in [0.05, 0.1) is 23.5 Å². The number of aromatic nitrogens is 5. The van der Waals surface area contributed by atoms with Crippen molar-refractivity contribution < 1.29 is 31.5 Å². The minimum atomic E-state index is -3.02. The summed E-state index contributed by atoms with van der Waals surface area (Å²) >= 11 is 0. The van der Waals surface area contributed by atoms with Crippen molar-refractivity contribution in [2.45, 2.75) is 25.4 Å². The van der Waals surface area contributed by atoms with Crippen LogP contribution in [0.3, 0.4) is 0 Å². The average molecular weight is 504 g/mol. The molecule has 1 aliphatic carbocycles. The first-order chi connectivity index (χ1) is 17.2. The Kier molecular flexibility index (Phi) is 5.98. The molecule has 0 bridgehead atoms. The molecule has 8 nitrogen and oxygen atoms in total. The summed E-state index contributed by atoms with van der Waals surface area (Å²) in [5.74, 6) is -4.32. The summed E-state index contributed by atoms with van der Waals surface area (Å²) < 4.78 is 70.6. The van der Waals surface area contributed by atoms with Gasteiger partial charge in [0.25, 0.3) is 11.9 Å². The van der Waals surface area contributed by atoms with E-state index in [1.54, 1.807) is 6.07 Å².